The lowest BCUT2D eigenvalue weighted by Crippen LogP contribution is -2.40. The molecule has 1 N–H and O–H groups in total. The van der Waals surface area contributed by atoms with Gasteiger partial charge >= 0.3 is 0 Å². The summed E-state index contributed by atoms with van der Waals surface area (Å²) in [7, 11) is -3.61. The van der Waals surface area contributed by atoms with Gasteiger partial charge in [-0.1, -0.05) is 0 Å². The van der Waals surface area contributed by atoms with Crippen LogP contribution in [0, 0.1) is 0 Å². The van der Waals surface area contributed by atoms with E-state index in [1.165, 1.54) is 12.1 Å². The molecule has 0 amide bonds. The Balaban J connectivity index is 1.78. The van der Waals surface area contributed by atoms with E-state index in [0.29, 0.717) is 31.3 Å². The summed E-state index contributed by atoms with van der Waals surface area (Å²) in [4.78, 5) is 0.182. The monoisotopic (exact) mass is 327 g/mol. The third kappa shape index (κ3) is 3.37. The van der Waals surface area contributed by atoms with Gasteiger partial charge in [0.2, 0.25) is 10.0 Å². The van der Waals surface area contributed by atoms with Gasteiger partial charge in [0.1, 0.15) is 0 Å². The molecule has 7 heteroatoms. The molecule has 0 aromatic heterocycles. The van der Waals surface area contributed by atoms with Crippen LogP contribution in [0.5, 0.6) is 11.5 Å². The van der Waals surface area contributed by atoms with Crippen molar-refractivity contribution in [3.8, 4) is 11.5 Å². The van der Waals surface area contributed by atoms with Crippen LogP contribution >= 0.6 is 0 Å². The molecule has 3 rings (SSSR count). The zero-order valence-electron chi connectivity index (χ0n) is 12.6. The van der Waals surface area contributed by atoms with Crippen LogP contribution in [0.3, 0.4) is 0 Å². The Morgan fingerprint density at radius 3 is 2.64 bits per heavy atom. The van der Waals surface area contributed by atoms with E-state index in [0.717, 1.165) is 19.3 Å². The summed E-state index contributed by atoms with van der Waals surface area (Å²) in [5.74, 6) is 1.06. The minimum atomic E-state index is -3.61. The molecular weight excluding hydrogens is 306 g/mol. The minimum Gasteiger partial charge on any atom is -0.490 e. The Morgan fingerprint density at radius 1 is 1.14 bits per heavy atom. The van der Waals surface area contributed by atoms with E-state index in [1.54, 1.807) is 6.07 Å². The molecule has 22 heavy (non-hydrogen) atoms. The van der Waals surface area contributed by atoms with Crippen LogP contribution in [-0.4, -0.2) is 40.4 Å². The second-order valence-electron chi connectivity index (χ2n) is 5.62. The summed E-state index contributed by atoms with van der Waals surface area (Å²) in [5, 5.41) is 0. The molecule has 0 saturated carbocycles. The van der Waals surface area contributed by atoms with Crippen LogP contribution in [-0.2, 0) is 14.8 Å². The zero-order valence-corrected chi connectivity index (χ0v) is 13.4. The molecule has 6 nitrogen and oxygen atoms in total. The molecular formula is C15H21NO5S. The molecule has 0 aliphatic carbocycles. The van der Waals surface area contributed by atoms with Crippen LogP contribution in [0.25, 0.3) is 0 Å². The highest BCUT2D eigenvalue weighted by Gasteiger charge is 2.27. The van der Waals surface area contributed by atoms with Crippen LogP contribution in [0.4, 0.5) is 0 Å². The Hall–Kier alpha value is -1.31. The topological polar surface area (TPSA) is 73.9 Å². The third-order valence-corrected chi connectivity index (χ3v) is 5.45. The fourth-order valence-electron chi connectivity index (χ4n) is 2.70. The highest BCUT2D eigenvalue weighted by molar-refractivity contribution is 7.89. The summed E-state index contributed by atoms with van der Waals surface area (Å²) >= 11 is 0. The van der Waals surface area contributed by atoms with Crippen molar-refractivity contribution in [3.05, 3.63) is 18.2 Å². The number of hydrogen-bond acceptors (Lipinski definition) is 5. The third-order valence-electron chi connectivity index (χ3n) is 3.89. The van der Waals surface area contributed by atoms with Gasteiger partial charge in [-0.2, -0.15) is 0 Å². The molecule has 2 unspecified atom stereocenters. The predicted octanol–water partition coefficient (Wildman–Crippen LogP) is 1.69. The van der Waals surface area contributed by atoms with E-state index >= 15 is 0 Å². The van der Waals surface area contributed by atoms with Gasteiger partial charge in [-0.25, -0.2) is 13.1 Å². The lowest BCUT2D eigenvalue weighted by molar-refractivity contribution is 0.0902. The molecule has 2 atom stereocenters. The predicted molar refractivity (Wildman–Crippen MR) is 80.8 cm³/mol. The average molecular weight is 327 g/mol. The Bertz CT molecular complexity index is 625. The molecule has 2 aliphatic heterocycles. The number of benzene rings is 1. The van der Waals surface area contributed by atoms with E-state index in [9.17, 15) is 8.42 Å². The van der Waals surface area contributed by atoms with Gasteiger partial charge in [0.15, 0.2) is 11.5 Å². The van der Waals surface area contributed by atoms with E-state index in [2.05, 4.69) is 4.72 Å². The number of hydrogen-bond donors (Lipinski definition) is 1. The number of rotatable bonds is 4. The molecule has 1 aromatic rings. The Kier molecular flexibility index (Phi) is 4.56. The summed E-state index contributed by atoms with van der Waals surface area (Å²) in [6.07, 6.45) is 2.58. The van der Waals surface area contributed by atoms with Crippen molar-refractivity contribution in [2.24, 2.45) is 0 Å². The smallest absolute Gasteiger partial charge is 0.241 e. The molecule has 122 valence electrons. The van der Waals surface area contributed by atoms with Crippen molar-refractivity contribution < 1.29 is 22.6 Å². The minimum absolute atomic E-state index is 0.0600. The Morgan fingerprint density at radius 2 is 1.91 bits per heavy atom. The largest absolute Gasteiger partial charge is 0.490 e. The Labute approximate surface area is 130 Å². The fraction of sp³-hybridized carbons (Fsp3) is 0.600. The second-order valence-corrected chi connectivity index (χ2v) is 7.33. The van der Waals surface area contributed by atoms with Crippen molar-refractivity contribution in [2.45, 2.75) is 43.2 Å². The van der Waals surface area contributed by atoms with Gasteiger partial charge in [0, 0.05) is 25.1 Å². The van der Waals surface area contributed by atoms with E-state index < -0.39 is 10.0 Å². The van der Waals surface area contributed by atoms with Gasteiger partial charge in [-0.15, -0.1) is 0 Å². The van der Waals surface area contributed by atoms with Crippen LogP contribution in [0.1, 0.15) is 26.2 Å². The van der Waals surface area contributed by atoms with Gasteiger partial charge in [0.25, 0.3) is 0 Å². The van der Waals surface area contributed by atoms with Crippen molar-refractivity contribution in [2.75, 3.05) is 19.8 Å². The number of nitrogens with one attached hydrogen (secondary N) is 1. The molecule has 1 aromatic carbocycles. The molecule has 0 bridgehead atoms. The molecule has 1 saturated heterocycles. The van der Waals surface area contributed by atoms with E-state index in [4.69, 9.17) is 14.2 Å². The molecule has 2 heterocycles. The molecule has 1 fully saturated rings. The number of ether oxygens (including phenoxy) is 3. The van der Waals surface area contributed by atoms with Crippen LogP contribution in [0.2, 0.25) is 0 Å². The number of fused-ring (bicyclic) bond motifs is 1. The first-order valence-electron chi connectivity index (χ1n) is 7.60. The summed E-state index contributed by atoms with van der Waals surface area (Å²) in [6.45, 7) is 3.63. The van der Waals surface area contributed by atoms with Crippen molar-refractivity contribution >= 4 is 10.0 Å². The first-order chi connectivity index (χ1) is 10.6. The highest BCUT2D eigenvalue weighted by atomic mass is 32.2. The average Bonchev–Trinajstić information content (AvgIpc) is 2.92. The lowest BCUT2D eigenvalue weighted by atomic mass is 10.1. The highest BCUT2D eigenvalue weighted by Crippen LogP contribution is 2.32. The summed E-state index contributed by atoms with van der Waals surface area (Å²) in [6, 6.07) is 4.44. The molecule has 2 aliphatic rings. The first kappa shape index (κ1) is 15.6. The molecule has 0 spiro atoms. The van der Waals surface area contributed by atoms with Gasteiger partial charge in [-0.3, -0.25) is 0 Å². The maximum Gasteiger partial charge on any atom is 0.241 e. The van der Waals surface area contributed by atoms with Crippen molar-refractivity contribution in [1.29, 1.82) is 0 Å². The van der Waals surface area contributed by atoms with Crippen molar-refractivity contribution in [3.63, 3.8) is 0 Å². The first-order valence-corrected chi connectivity index (χ1v) is 9.08. The van der Waals surface area contributed by atoms with Gasteiger partial charge < -0.3 is 14.2 Å². The quantitative estimate of drug-likeness (QED) is 0.911. The van der Waals surface area contributed by atoms with Gasteiger partial charge in [0.05, 0.1) is 24.2 Å². The van der Waals surface area contributed by atoms with E-state index in [-0.39, 0.29) is 17.0 Å². The molecule has 0 radical (unpaired) electrons. The SMILES string of the molecule is CC(NS(=O)(=O)c1ccc2c(c1)OCCCO2)C1CCCO1. The normalized spacial score (nSPS) is 23.0. The second kappa shape index (κ2) is 6.44. The fourth-order valence-corrected chi connectivity index (χ4v) is 3.98. The zero-order chi connectivity index (χ0) is 15.6. The summed E-state index contributed by atoms with van der Waals surface area (Å²) in [5.41, 5.74) is 0. The lowest BCUT2D eigenvalue weighted by Gasteiger charge is -2.20. The van der Waals surface area contributed by atoms with Gasteiger partial charge in [-0.05, 0) is 31.9 Å². The van der Waals surface area contributed by atoms with Crippen LogP contribution < -0.4 is 14.2 Å². The maximum absolute atomic E-state index is 12.5. The number of sulfonamides is 1. The standard InChI is InChI=1S/C15H21NO5S/c1-11(13-4-2-7-19-13)16-22(17,18)12-5-6-14-15(10-12)21-9-3-8-20-14/h5-6,10-11,13,16H,2-4,7-9H2,1H3. The summed E-state index contributed by atoms with van der Waals surface area (Å²) < 4.78 is 44.3. The van der Waals surface area contributed by atoms with Crippen molar-refractivity contribution in [1.82, 2.24) is 4.72 Å². The van der Waals surface area contributed by atoms with E-state index in [1.807, 2.05) is 6.92 Å². The maximum atomic E-state index is 12.5. The van der Waals surface area contributed by atoms with Crippen LogP contribution in [0.15, 0.2) is 23.1 Å².